The summed E-state index contributed by atoms with van der Waals surface area (Å²) in [5.41, 5.74) is 2.31. The van der Waals surface area contributed by atoms with Crippen molar-refractivity contribution in [2.24, 2.45) is 5.92 Å². The van der Waals surface area contributed by atoms with Gasteiger partial charge in [-0.05, 0) is 23.6 Å². The van der Waals surface area contributed by atoms with E-state index in [2.05, 4.69) is 11.4 Å². The van der Waals surface area contributed by atoms with Gasteiger partial charge in [0.05, 0.1) is 12.5 Å². The van der Waals surface area contributed by atoms with Crippen LogP contribution in [0.15, 0.2) is 18.2 Å². The Hall–Kier alpha value is -2.24. The molecule has 6 heteroatoms. The average molecular weight is 321 g/mol. The van der Waals surface area contributed by atoms with Crippen molar-refractivity contribution in [3.8, 4) is 5.75 Å². The zero-order valence-electron chi connectivity index (χ0n) is 13.8. The lowest BCUT2D eigenvalue weighted by molar-refractivity contribution is -0.168. The molecule has 0 radical (unpaired) electrons. The minimum Gasteiger partial charge on any atom is -0.493 e. The van der Waals surface area contributed by atoms with Crippen LogP contribution in [0, 0.1) is 5.92 Å². The van der Waals surface area contributed by atoms with Crippen molar-refractivity contribution >= 4 is 12.1 Å². The first-order chi connectivity index (χ1) is 11.0. The molecule has 0 spiro atoms. The molecular weight excluding hydrogens is 298 g/mol. The molecule has 23 heavy (non-hydrogen) atoms. The van der Waals surface area contributed by atoms with Crippen molar-refractivity contribution in [2.45, 2.75) is 39.9 Å². The largest absolute Gasteiger partial charge is 0.493 e. The molecule has 0 bridgehead atoms. The molecule has 1 atom stereocenters. The van der Waals surface area contributed by atoms with Gasteiger partial charge in [-0.3, -0.25) is 4.79 Å². The lowest BCUT2D eigenvalue weighted by Crippen LogP contribution is -2.32. The molecule has 1 unspecified atom stereocenters. The fourth-order valence-electron chi connectivity index (χ4n) is 2.19. The zero-order valence-corrected chi connectivity index (χ0v) is 13.8. The van der Waals surface area contributed by atoms with Crippen LogP contribution in [-0.2, 0) is 27.1 Å². The Labute approximate surface area is 136 Å². The fourth-order valence-corrected chi connectivity index (χ4v) is 2.19. The SMILES string of the molecule is CC(OC(=O)NCCc1ccc2c(c1)OCC2)OC(=O)C(C)C. The number of amides is 1. The molecule has 1 N–H and O–H groups in total. The number of rotatable bonds is 6. The van der Waals surface area contributed by atoms with Crippen molar-refractivity contribution in [2.75, 3.05) is 13.2 Å². The highest BCUT2D eigenvalue weighted by Crippen LogP contribution is 2.26. The topological polar surface area (TPSA) is 73.9 Å². The summed E-state index contributed by atoms with van der Waals surface area (Å²) in [6.45, 7) is 6.11. The fraction of sp³-hybridized carbons (Fsp3) is 0.529. The molecule has 1 aliphatic heterocycles. The summed E-state index contributed by atoms with van der Waals surface area (Å²) < 4.78 is 15.4. The summed E-state index contributed by atoms with van der Waals surface area (Å²) in [7, 11) is 0. The van der Waals surface area contributed by atoms with Gasteiger partial charge in [0, 0.05) is 19.9 Å². The van der Waals surface area contributed by atoms with Crippen LogP contribution in [0.2, 0.25) is 0 Å². The van der Waals surface area contributed by atoms with Gasteiger partial charge in [0.15, 0.2) is 0 Å². The Balaban J connectivity index is 1.69. The molecule has 1 aromatic rings. The molecule has 1 aromatic carbocycles. The van der Waals surface area contributed by atoms with E-state index in [1.165, 1.54) is 12.5 Å². The Morgan fingerprint density at radius 3 is 2.78 bits per heavy atom. The first-order valence-electron chi connectivity index (χ1n) is 7.85. The third kappa shape index (κ3) is 5.16. The summed E-state index contributed by atoms with van der Waals surface area (Å²) in [6, 6.07) is 6.10. The van der Waals surface area contributed by atoms with Crippen molar-refractivity contribution in [3.63, 3.8) is 0 Å². The summed E-state index contributed by atoms with van der Waals surface area (Å²) in [5, 5.41) is 2.64. The first kappa shape index (κ1) is 17.1. The lowest BCUT2D eigenvalue weighted by Gasteiger charge is -2.15. The zero-order chi connectivity index (χ0) is 16.8. The van der Waals surface area contributed by atoms with E-state index in [-0.39, 0.29) is 5.92 Å². The molecule has 0 fully saturated rings. The van der Waals surface area contributed by atoms with Crippen molar-refractivity contribution < 1.29 is 23.8 Å². The van der Waals surface area contributed by atoms with E-state index >= 15 is 0 Å². The van der Waals surface area contributed by atoms with E-state index < -0.39 is 18.4 Å². The third-order valence-corrected chi connectivity index (χ3v) is 3.47. The minimum absolute atomic E-state index is 0.258. The number of carbonyl (C=O) groups is 2. The van der Waals surface area contributed by atoms with Crippen LogP contribution in [0.3, 0.4) is 0 Å². The summed E-state index contributed by atoms with van der Waals surface area (Å²) in [4.78, 5) is 23.0. The second kappa shape index (κ2) is 7.85. The molecule has 0 aromatic heterocycles. The van der Waals surface area contributed by atoms with E-state index in [0.717, 1.165) is 24.3 Å². The number of esters is 1. The molecule has 6 nitrogen and oxygen atoms in total. The maximum absolute atomic E-state index is 11.6. The molecule has 0 saturated heterocycles. The number of hydrogen-bond acceptors (Lipinski definition) is 5. The van der Waals surface area contributed by atoms with Gasteiger partial charge in [0.25, 0.3) is 0 Å². The van der Waals surface area contributed by atoms with E-state index in [9.17, 15) is 9.59 Å². The Bertz CT molecular complexity index is 570. The van der Waals surface area contributed by atoms with Crippen LogP contribution < -0.4 is 10.1 Å². The predicted molar refractivity (Wildman–Crippen MR) is 84.2 cm³/mol. The highest BCUT2D eigenvalue weighted by atomic mass is 16.7. The van der Waals surface area contributed by atoms with Gasteiger partial charge in [0.2, 0.25) is 6.29 Å². The molecule has 2 rings (SSSR count). The summed E-state index contributed by atoms with van der Waals surface area (Å²) >= 11 is 0. The minimum atomic E-state index is -0.904. The predicted octanol–water partition coefficient (Wildman–Crippen LogP) is 2.44. The molecule has 0 saturated carbocycles. The van der Waals surface area contributed by atoms with Crippen LogP contribution >= 0.6 is 0 Å². The third-order valence-electron chi connectivity index (χ3n) is 3.47. The van der Waals surface area contributed by atoms with E-state index in [1.54, 1.807) is 13.8 Å². The second-order valence-corrected chi connectivity index (χ2v) is 5.78. The Morgan fingerprint density at radius 2 is 2.04 bits per heavy atom. The van der Waals surface area contributed by atoms with Crippen LogP contribution in [0.1, 0.15) is 31.9 Å². The normalized spacial score (nSPS) is 13.9. The van der Waals surface area contributed by atoms with E-state index in [0.29, 0.717) is 13.0 Å². The number of fused-ring (bicyclic) bond motifs is 1. The van der Waals surface area contributed by atoms with Gasteiger partial charge in [-0.1, -0.05) is 26.0 Å². The van der Waals surface area contributed by atoms with Gasteiger partial charge in [-0.25, -0.2) is 4.79 Å². The van der Waals surface area contributed by atoms with Crippen molar-refractivity contribution in [1.29, 1.82) is 0 Å². The van der Waals surface area contributed by atoms with Gasteiger partial charge in [0.1, 0.15) is 5.75 Å². The number of nitrogens with one attached hydrogen (secondary N) is 1. The molecule has 1 heterocycles. The van der Waals surface area contributed by atoms with Crippen molar-refractivity contribution in [1.82, 2.24) is 5.32 Å². The van der Waals surface area contributed by atoms with Gasteiger partial charge < -0.3 is 19.5 Å². The van der Waals surface area contributed by atoms with E-state index in [1.807, 2.05) is 12.1 Å². The van der Waals surface area contributed by atoms with Crippen LogP contribution in [0.25, 0.3) is 0 Å². The number of ether oxygens (including phenoxy) is 3. The average Bonchev–Trinajstić information content (AvgIpc) is 2.94. The Morgan fingerprint density at radius 1 is 1.26 bits per heavy atom. The van der Waals surface area contributed by atoms with Crippen LogP contribution in [0.5, 0.6) is 5.75 Å². The molecule has 0 aliphatic carbocycles. The lowest BCUT2D eigenvalue weighted by atomic mass is 10.1. The number of benzene rings is 1. The first-order valence-corrected chi connectivity index (χ1v) is 7.85. The van der Waals surface area contributed by atoms with Crippen LogP contribution in [0.4, 0.5) is 4.79 Å². The van der Waals surface area contributed by atoms with Crippen LogP contribution in [-0.4, -0.2) is 31.5 Å². The standard InChI is InChI=1S/C17H23NO5/c1-11(2)16(19)22-12(3)23-17(20)18-8-6-13-4-5-14-7-9-21-15(14)10-13/h4-5,10-12H,6-9H2,1-3H3,(H,18,20). The molecule has 1 amide bonds. The number of carbonyl (C=O) groups excluding carboxylic acids is 2. The van der Waals surface area contributed by atoms with E-state index in [4.69, 9.17) is 14.2 Å². The summed E-state index contributed by atoms with van der Waals surface area (Å²) in [5.74, 6) is 0.272. The highest BCUT2D eigenvalue weighted by Gasteiger charge is 2.16. The quantitative estimate of drug-likeness (QED) is 0.643. The van der Waals surface area contributed by atoms with Crippen molar-refractivity contribution in [3.05, 3.63) is 29.3 Å². The maximum Gasteiger partial charge on any atom is 0.410 e. The monoisotopic (exact) mass is 321 g/mol. The molecule has 1 aliphatic rings. The highest BCUT2D eigenvalue weighted by molar-refractivity contribution is 5.72. The van der Waals surface area contributed by atoms with Gasteiger partial charge in [-0.15, -0.1) is 0 Å². The smallest absolute Gasteiger partial charge is 0.410 e. The molecule has 126 valence electrons. The Kier molecular flexibility index (Phi) is 5.84. The van der Waals surface area contributed by atoms with Gasteiger partial charge >= 0.3 is 12.1 Å². The molecular formula is C17H23NO5. The number of alkyl carbamates (subject to hydrolysis) is 1. The van der Waals surface area contributed by atoms with Gasteiger partial charge in [-0.2, -0.15) is 0 Å². The maximum atomic E-state index is 11.6. The second-order valence-electron chi connectivity index (χ2n) is 5.78. The summed E-state index contributed by atoms with van der Waals surface area (Å²) in [6.07, 6.45) is 0.115. The number of hydrogen-bond donors (Lipinski definition) is 1.